The molecule has 0 atom stereocenters. The molecule has 0 fully saturated rings. The Balaban J connectivity index is 1.55. The van der Waals surface area contributed by atoms with Crippen LogP contribution in [0, 0.1) is 0 Å². The molecule has 9 heteroatoms. The van der Waals surface area contributed by atoms with Crippen molar-refractivity contribution in [2.24, 2.45) is 0 Å². The second kappa shape index (κ2) is 8.59. The molecule has 3 rings (SSSR count). The third-order valence-corrected chi connectivity index (χ3v) is 5.42. The fourth-order valence-electron chi connectivity index (χ4n) is 2.23. The number of thioether (sulfide) groups is 1. The zero-order chi connectivity index (χ0) is 18.4. The van der Waals surface area contributed by atoms with E-state index in [0.717, 1.165) is 23.7 Å². The van der Waals surface area contributed by atoms with Crippen LogP contribution in [0.5, 0.6) is 5.75 Å². The summed E-state index contributed by atoms with van der Waals surface area (Å²) in [6.07, 6.45) is -1.74. The first-order valence-corrected chi connectivity index (χ1v) is 9.67. The van der Waals surface area contributed by atoms with Crippen LogP contribution in [0.2, 0.25) is 0 Å². The first kappa shape index (κ1) is 18.8. The smallest absolute Gasteiger partial charge is 0.422 e. The molecule has 0 amide bonds. The molecule has 2 aromatic heterocycles. The number of aromatic nitrogens is 3. The molecule has 3 aromatic rings. The standard InChI is InChI=1S/C17H16F3N3OS2/c18-17(19,20)11-24-14-4-1-3-13(9-14)10-26-16-22-21-12-23(16)7-6-15-5-2-8-25-15/h1-5,8-9,12H,6-7,10-11H2. The Morgan fingerprint density at radius 1 is 1.19 bits per heavy atom. The summed E-state index contributed by atoms with van der Waals surface area (Å²) in [4.78, 5) is 1.30. The van der Waals surface area contributed by atoms with E-state index >= 15 is 0 Å². The van der Waals surface area contributed by atoms with E-state index in [1.807, 2.05) is 22.1 Å². The summed E-state index contributed by atoms with van der Waals surface area (Å²) in [6.45, 7) is -0.509. The minimum Gasteiger partial charge on any atom is -0.484 e. The predicted molar refractivity (Wildman–Crippen MR) is 95.6 cm³/mol. The maximum Gasteiger partial charge on any atom is 0.422 e. The van der Waals surface area contributed by atoms with Crippen LogP contribution in [0.3, 0.4) is 0 Å². The van der Waals surface area contributed by atoms with E-state index in [4.69, 9.17) is 4.74 Å². The maximum atomic E-state index is 12.2. The Morgan fingerprint density at radius 3 is 2.85 bits per heavy atom. The van der Waals surface area contributed by atoms with Crippen molar-refractivity contribution >= 4 is 23.1 Å². The minimum absolute atomic E-state index is 0.208. The molecule has 0 saturated carbocycles. The summed E-state index contributed by atoms with van der Waals surface area (Å²) < 4.78 is 43.5. The lowest BCUT2D eigenvalue weighted by molar-refractivity contribution is -0.153. The van der Waals surface area contributed by atoms with Gasteiger partial charge in [0.1, 0.15) is 12.1 Å². The number of hydrogen-bond donors (Lipinski definition) is 0. The number of alkyl halides is 3. The molecular weight excluding hydrogens is 383 g/mol. The lowest BCUT2D eigenvalue weighted by Crippen LogP contribution is -2.19. The number of aryl methyl sites for hydroxylation is 2. The van der Waals surface area contributed by atoms with Crippen LogP contribution >= 0.6 is 23.1 Å². The van der Waals surface area contributed by atoms with Crippen LogP contribution in [0.4, 0.5) is 13.2 Å². The van der Waals surface area contributed by atoms with Crippen molar-refractivity contribution in [1.82, 2.24) is 14.8 Å². The fraction of sp³-hybridized carbons (Fsp3) is 0.294. The first-order chi connectivity index (χ1) is 12.5. The van der Waals surface area contributed by atoms with Gasteiger partial charge in [0.25, 0.3) is 0 Å². The Morgan fingerprint density at radius 2 is 2.08 bits per heavy atom. The molecule has 0 aliphatic heterocycles. The van der Waals surface area contributed by atoms with Crippen molar-refractivity contribution in [1.29, 1.82) is 0 Å². The van der Waals surface area contributed by atoms with Gasteiger partial charge in [0.05, 0.1) is 0 Å². The Hall–Kier alpha value is -2.00. The highest BCUT2D eigenvalue weighted by molar-refractivity contribution is 7.98. The van der Waals surface area contributed by atoms with Crippen LogP contribution in [0.1, 0.15) is 10.4 Å². The van der Waals surface area contributed by atoms with E-state index in [-0.39, 0.29) is 5.75 Å². The van der Waals surface area contributed by atoms with Gasteiger partial charge in [-0.25, -0.2) is 0 Å². The van der Waals surface area contributed by atoms with Crippen molar-refractivity contribution in [3.63, 3.8) is 0 Å². The zero-order valence-electron chi connectivity index (χ0n) is 13.6. The third kappa shape index (κ3) is 5.77. The van der Waals surface area contributed by atoms with Crippen molar-refractivity contribution < 1.29 is 17.9 Å². The summed E-state index contributed by atoms with van der Waals surface area (Å²) in [5.74, 6) is 0.778. The van der Waals surface area contributed by atoms with Crippen LogP contribution in [0.25, 0.3) is 0 Å². The van der Waals surface area contributed by atoms with Crippen molar-refractivity contribution in [3.05, 3.63) is 58.5 Å². The van der Waals surface area contributed by atoms with E-state index < -0.39 is 12.8 Å². The molecule has 1 aromatic carbocycles. The van der Waals surface area contributed by atoms with Crippen molar-refractivity contribution in [3.8, 4) is 5.75 Å². The van der Waals surface area contributed by atoms with E-state index in [1.54, 1.807) is 29.8 Å². The molecule has 0 saturated heterocycles. The fourth-order valence-corrected chi connectivity index (χ4v) is 3.82. The summed E-state index contributed by atoms with van der Waals surface area (Å²) in [6, 6.07) is 10.8. The van der Waals surface area contributed by atoms with Crippen molar-refractivity contribution in [2.45, 2.75) is 30.1 Å². The van der Waals surface area contributed by atoms with Gasteiger partial charge in [0, 0.05) is 17.2 Å². The number of ether oxygens (including phenoxy) is 1. The topological polar surface area (TPSA) is 39.9 Å². The summed E-state index contributed by atoms with van der Waals surface area (Å²) in [5, 5.41) is 10.9. The monoisotopic (exact) mass is 399 g/mol. The second-order valence-corrected chi connectivity index (χ2v) is 7.45. The van der Waals surface area contributed by atoms with Gasteiger partial charge in [-0.05, 0) is 35.6 Å². The highest BCUT2D eigenvalue weighted by atomic mass is 32.2. The number of hydrogen-bond acceptors (Lipinski definition) is 5. The Bertz CT molecular complexity index is 819. The number of benzene rings is 1. The number of thiophene rings is 1. The lowest BCUT2D eigenvalue weighted by Gasteiger charge is -2.10. The van der Waals surface area contributed by atoms with Crippen molar-refractivity contribution in [2.75, 3.05) is 6.61 Å². The number of nitrogens with zero attached hydrogens (tertiary/aromatic N) is 3. The SMILES string of the molecule is FC(F)(F)COc1cccc(CSc2nncn2CCc2cccs2)c1. The minimum atomic E-state index is -4.34. The molecule has 0 bridgehead atoms. The van der Waals surface area contributed by atoms with Gasteiger partial charge in [-0.3, -0.25) is 0 Å². The Kier molecular flexibility index (Phi) is 6.20. The summed E-state index contributed by atoms with van der Waals surface area (Å²) in [7, 11) is 0. The van der Waals surface area contributed by atoms with E-state index in [9.17, 15) is 13.2 Å². The largest absolute Gasteiger partial charge is 0.484 e. The average Bonchev–Trinajstić information content (AvgIpc) is 3.27. The molecule has 2 heterocycles. The van der Waals surface area contributed by atoms with Gasteiger partial charge in [-0.1, -0.05) is 30.0 Å². The summed E-state index contributed by atoms with van der Waals surface area (Å²) >= 11 is 3.21. The number of halogens is 3. The molecule has 0 aliphatic rings. The van der Waals surface area contributed by atoms with Gasteiger partial charge in [-0.2, -0.15) is 13.2 Å². The molecule has 0 unspecified atom stereocenters. The molecule has 0 aliphatic carbocycles. The number of rotatable bonds is 8. The maximum absolute atomic E-state index is 12.2. The molecule has 0 radical (unpaired) electrons. The molecule has 0 spiro atoms. The van der Waals surface area contributed by atoms with Crippen LogP contribution in [0.15, 0.2) is 53.3 Å². The van der Waals surface area contributed by atoms with E-state index in [2.05, 4.69) is 16.3 Å². The molecule has 138 valence electrons. The first-order valence-electron chi connectivity index (χ1n) is 7.81. The molecule has 26 heavy (non-hydrogen) atoms. The predicted octanol–water partition coefficient (Wildman–Crippen LogP) is 4.82. The Labute approximate surface area is 157 Å². The van der Waals surface area contributed by atoms with Gasteiger partial charge < -0.3 is 9.30 Å². The van der Waals surface area contributed by atoms with Gasteiger partial charge in [-0.15, -0.1) is 21.5 Å². The highest BCUT2D eigenvalue weighted by Gasteiger charge is 2.28. The normalized spacial score (nSPS) is 11.7. The summed E-state index contributed by atoms with van der Waals surface area (Å²) in [5.41, 5.74) is 0.863. The molecular formula is C17H16F3N3OS2. The highest BCUT2D eigenvalue weighted by Crippen LogP contribution is 2.25. The molecule has 4 nitrogen and oxygen atoms in total. The van der Waals surface area contributed by atoms with E-state index in [0.29, 0.717) is 5.75 Å². The van der Waals surface area contributed by atoms with Crippen LogP contribution in [-0.4, -0.2) is 27.5 Å². The molecule has 0 N–H and O–H groups in total. The average molecular weight is 399 g/mol. The zero-order valence-corrected chi connectivity index (χ0v) is 15.3. The quantitative estimate of drug-likeness (QED) is 0.510. The van der Waals surface area contributed by atoms with Gasteiger partial charge in [0.2, 0.25) is 0 Å². The van der Waals surface area contributed by atoms with E-state index in [1.165, 1.54) is 22.7 Å². The van der Waals surface area contributed by atoms with Gasteiger partial charge >= 0.3 is 6.18 Å². The van der Waals surface area contributed by atoms with Gasteiger partial charge in [0.15, 0.2) is 11.8 Å². The second-order valence-electron chi connectivity index (χ2n) is 5.48. The third-order valence-electron chi connectivity index (χ3n) is 3.43. The lowest BCUT2D eigenvalue weighted by atomic mass is 10.2. The van der Waals surface area contributed by atoms with Crippen LogP contribution in [-0.2, 0) is 18.7 Å². The van der Waals surface area contributed by atoms with Crippen LogP contribution < -0.4 is 4.74 Å².